The van der Waals surface area contributed by atoms with Gasteiger partial charge in [-0.05, 0) is 27.7 Å². The molecule has 0 unspecified atom stereocenters. The first-order valence-electron chi connectivity index (χ1n) is 6.60. The minimum absolute atomic E-state index is 0.0755. The van der Waals surface area contributed by atoms with Crippen LogP contribution in [-0.2, 0) is 4.79 Å². The van der Waals surface area contributed by atoms with E-state index in [4.69, 9.17) is 5.73 Å². The molecule has 0 aromatic carbocycles. The van der Waals surface area contributed by atoms with Crippen LogP contribution in [0.2, 0.25) is 0 Å². The number of carbonyl (C=O) groups is 2. The van der Waals surface area contributed by atoms with E-state index in [1.807, 2.05) is 27.7 Å². The third kappa shape index (κ3) is 4.86. The van der Waals surface area contributed by atoms with Gasteiger partial charge in [-0.2, -0.15) is 19.9 Å². The second kappa shape index (κ2) is 6.82. The highest BCUT2D eigenvalue weighted by molar-refractivity contribution is 6.11. The van der Waals surface area contributed by atoms with E-state index >= 15 is 0 Å². The van der Waals surface area contributed by atoms with E-state index in [1.165, 1.54) is 6.92 Å². The highest BCUT2D eigenvalue weighted by Gasteiger charge is 2.22. The molecule has 3 amide bonds. The van der Waals surface area contributed by atoms with Gasteiger partial charge in [0.25, 0.3) is 0 Å². The molecule has 0 saturated carbocycles. The lowest BCUT2D eigenvalue weighted by Crippen LogP contribution is -2.41. The number of anilines is 3. The van der Waals surface area contributed by atoms with Gasteiger partial charge in [0.15, 0.2) is 0 Å². The van der Waals surface area contributed by atoms with Crippen molar-refractivity contribution in [3.05, 3.63) is 0 Å². The van der Waals surface area contributed by atoms with Crippen molar-refractivity contribution in [1.29, 1.82) is 0 Å². The van der Waals surface area contributed by atoms with Crippen molar-refractivity contribution in [2.75, 3.05) is 15.5 Å². The first-order chi connectivity index (χ1) is 9.70. The molecule has 1 aromatic rings. The average molecular weight is 295 g/mol. The number of amides is 3. The third-order valence-corrected chi connectivity index (χ3v) is 2.19. The molecule has 116 valence electrons. The Balaban J connectivity index is 3.28. The second-order valence-electron chi connectivity index (χ2n) is 5.07. The molecule has 1 heterocycles. The van der Waals surface area contributed by atoms with Crippen molar-refractivity contribution in [2.45, 2.75) is 46.7 Å². The molecule has 9 nitrogen and oxygen atoms in total. The van der Waals surface area contributed by atoms with Crippen LogP contribution in [0.5, 0.6) is 0 Å². The zero-order valence-electron chi connectivity index (χ0n) is 12.8. The molecule has 9 heteroatoms. The molecule has 0 saturated heterocycles. The van der Waals surface area contributed by atoms with E-state index in [0.717, 1.165) is 0 Å². The summed E-state index contributed by atoms with van der Waals surface area (Å²) in [6.07, 6.45) is 0. The van der Waals surface area contributed by atoms with Gasteiger partial charge < -0.3 is 16.4 Å². The summed E-state index contributed by atoms with van der Waals surface area (Å²) in [6.45, 7) is 8.86. The zero-order chi connectivity index (χ0) is 16.2. The minimum Gasteiger partial charge on any atom is -0.352 e. The fourth-order valence-electron chi connectivity index (χ4n) is 1.50. The summed E-state index contributed by atoms with van der Waals surface area (Å²) < 4.78 is 0. The smallest absolute Gasteiger partial charge is 0.328 e. The van der Waals surface area contributed by atoms with Gasteiger partial charge >= 0.3 is 6.03 Å². The van der Waals surface area contributed by atoms with Crippen LogP contribution in [0.3, 0.4) is 0 Å². The Morgan fingerprint density at radius 3 is 1.71 bits per heavy atom. The molecule has 1 aromatic heterocycles. The first-order valence-corrected chi connectivity index (χ1v) is 6.60. The van der Waals surface area contributed by atoms with Crippen molar-refractivity contribution in [3.63, 3.8) is 0 Å². The molecule has 0 fully saturated rings. The zero-order valence-corrected chi connectivity index (χ0v) is 12.8. The SMILES string of the molecule is CC(=O)N(C(N)=O)c1nc(NC(C)C)nc(NC(C)C)n1. The van der Waals surface area contributed by atoms with Crippen molar-refractivity contribution in [3.8, 4) is 0 Å². The van der Waals surface area contributed by atoms with Gasteiger partial charge in [0.2, 0.25) is 23.8 Å². The predicted molar refractivity (Wildman–Crippen MR) is 80.1 cm³/mol. The van der Waals surface area contributed by atoms with E-state index in [1.54, 1.807) is 0 Å². The minimum atomic E-state index is -0.945. The average Bonchev–Trinajstić information content (AvgIpc) is 2.24. The molecule has 0 aliphatic heterocycles. The van der Waals surface area contributed by atoms with Gasteiger partial charge in [-0.15, -0.1) is 0 Å². The summed E-state index contributed by atoms with van der Waals surface area (Å²) in [6, 6.07) is -0.794. The normalized spacial score (nSPS) is 10.6. The fourth-order valence-corrected chi connectivity index (χ4v) is 1.50. The van der Waals surface area contributed by atoms with Gasteiger partial charge in [-0.1, -0.05) is 0 Å². The second-order valence-corrected chi connectivity index (χ2v) is 5.07. The van der Waals surface area contributed by atoms with Crippen LogP contribution >= 0.6 is 0 Å². The Bertz CT molecular complexity index is 488. The number of imide groups is 1. The number of primary amides is 1. The molecule has 4 N–H and O–H groups in total. The highest BCUT2D eigenvalue weighted by atomic mass is 16.2. The van der Waals surface area contributed by atoms with E-state index in [9.17, 15) is 9.59 Å². The van der Waals surface area contributed by atoms with Crippen LogP contribution in [0.1, 0.15) is 34.6 Å². The van der Waals surface area contributed by atoms with E-state index in [-0.39, 0.29) is 29.9 Å². The largest absolute Gasteiger partial charge is 0.352 e. The standard InChI is InChI=1S/C12H21N7O2/c1-6(2)14-10-16-11(15-7(3)4)18-12(17-10)19(8(5)20)9(13)21/h6-7H,1-5H3,(H2,13,21)(H2,14,15,16,17,18). The van der Waals surface area contributed by atoms with Crippen LogP contribution in [-0.4, -0.2) is 39.0 Å². The van der Waals surface area contributed by atoms with E-state index in [2.05, 4.69) is 25.6 Å². The summed E-state index contributed by atoms with van der Waals surface area (Å²) in [5.41, 5.74) is 5.20. The van der Waals surface area contributed by atoms with Crippen molar-refractivity contribution < 1.29 is 9.59 Å². The molecule has 21 heavy (non-hydrogen) atoms. The maximum Gasteiger partial charge on any atom is 0.328 e. The van der Waals surface area contributed by atoms with Gasteiger partial charge in [-0.3, -0.25) is 4.79 Å². The molecular weight excluding hydrogens is 274 g/mol. The van der Waals surface area contributed by atoms with E-state index < -0.39 is 11.9 Å². The molecule has 0 radical (unpaired) electrons. The lowest BCUT2D eigenvalue weighted by molar-refractivity contribution is -0.115. The molecule has 1 rings (SSSR count). The summed E-state index contributed by atoms with van der Waals surface area (Å²) in [5.74, 6) is -0.174. The molecule has 0 spiro atoms. The van der Waals surface area contributed by atoms with Crippen LogP contribution in [0.25, 0.3) is 0 Å². The lowest BCUT2D eigenvalue weighted by Gasteiger charge is -2.18. The number of urea groups is 1. The van der Waals surface area contributed by atoms with Gasteiger partial charge in [0, 0.05) is 19.0 Å². The number of nitrogens with two attached hydrogens (primary N) is 1. The first kappa shape index (κ1) is 16.6. The van der Waals surface area contributed by atoms with Crippen LogP contribution < -0.4 is 21.3 Å². The molecular formula is C12H21N7O2. The molecule has 0 bridgehead atoms. The molecule has 0 aliphatic rings. The monoisotopic (exact) mass is 295 g/mol. The van der Waals surface area contributed by atoms with E-state index in [0.29, 0.717) is 4.90 Å². The summed E-state index contributed by atoms with van der Waals surface area (Å²) in [5, 5.41) is 6.00. The fraction of sp³-hybridized carbons (Fsp3) is 0.583. The Hall–Kier alpha value is -2.45. The number of carbonyl (C=O) groups excluding carboxylic acids is 2. The Labute approximate surface area is 123 Å². The number of rotatable bonds is 5. The Morgan fingerprint density at radius 1 is 1.00 bits per heavy atom. The van der Waals surface area contributed by atoms with Gasteiger partial charge in [-0.25, -0.2) is 4.79 Å². The number of hydrogen-bond acceptors (Lipinski definition) is 7. The molecule has 0 aliphatic carbocycles. The molecule has 0 atom stereocenters. The van der Waals surface area contributed by atoms with Crippen LogP contribution in [0.15, 0.2) is 0 Å². The van der Waals surface area contributed by atoms with Crippen molar-refractivity contribution >= 4 is 29.8 Å². The number of nitrogens with zero attached hydrogens (tertiary/aromatic N) is 4. The number of nitrogens with one attached hydrogen (secondary N) is 2. The maximum atomic E-state index is 11.5. The van der Waals surface area contributed by atoms with Crippen LogP contribution in [0, 0.1) is 0 Å². The Morgan fingerprint density at radius 2 is 1.43 bits per heavy atom. The Kier molecular flexibility index (Phi) is 5.39. The maximum absolute atomic E-state index is 11.5. The van der Waals surface area contributed by atoms with Gasteiger partial charge in [0.1, 0.15) is 0 Å². The summed E-state index contributed by atoms with van der Waals surface area (Å²) in [4.78, 5) is 35.9. The third-order valence-electron chi connectivity index (χ3n) is 2.19. The number of aromatic nitrogens is 3. The van der Waals surface area contributed by atoms with Crippen molar-refractivity contribution in [1.82, 2.24) is 15.0 Å². The highest BCUT2D eigenvalue weighted by Crippen LogP contribution is 2.15. The lowest BCUT2D eigenvalue weighted by atomic mass is 10.4. The topological polar surface area (TPSA) is 126 Å². The summed E-state index contributed by atoms with van der Waals surface area (Å²) in [7, 11) is 0. The van der Waals surface area contributed by atoms with Gasteiger partial charge in [0.05, 0.1) is 0 Å². The number of hydrogen-bond donors (Lipinski definition) is 3. The van der Waals surface area contributed by atoms with Crippen molar-refractivity contribution in [2.24, 2.45) is 5.73 Å². The van der Waals surface area contributed by atoms with Crippen LogP contribution in [0.4, 0.5) is 22.6 Å². The predicted octanol–water partition coefficient (Wildman–Crippen LogP) is 0.944. The summed E-state index contributed by atoms with van der Waals surface area (Å²) >= 11 is 0. The quantitative estimate of drug-likeness (QED) is 0.738.